The molecule has 0 aromatic carbocycles. The maximum atomic E-state index is 8.68. The molecule has 0 bridgehead atoms. The van der Waals surface area contributed by atoms with Gasteiger partial charge in [-0.2, -0.15) is 0 Å². The van der Waals surface area contributed by atoms with Crippen LogP contribution in [0, 0.1) is 0 Å². The number of hydrogen-bond donors (Lipinski definition) is 4. The molecule has 1 aromatic heterocycles. The van der Waals surface area contributed by atoms with Crippen molar-refractivity contribution in [3.63, 3.8) is 0 Å². The predicted molar refractivity (Wildman–Crippen MR) is 43.9 cm³/mol. The Morgan fingerprint density at radius 1 is 0.917 bits per heavy atom. The first-order chi connectivity index (χ1) is 5.61. The third kappa shape index (κ3) is 2.05. The van der Waals surface area contributed by atoms with Crippen LogP contribution in [0.4, 0.5) is 0 Å². The summed E-state index contributed by atoms with van der Waals surface area (Å²) in [6, 6.07) is 1.25. The Morgan fingerprint density at radius 3 is 1.67 bits per heavy atom. The lowest BCUT2D eigenvalue weighted by atomic mass is 9.75. The minimum absolute atomic E-state index is 0.126. The van der Waals surface area contributed by atoms with E-state index in [4.69, 9.17) is 20.1 Å². The van der Waals surface area contributed by atoms with Crippen molar-refractivity contribution in [2.24, 2.45) is 0 Å². The number of aromatic nitrogens is 1. The van der Waals surface area contributed by atoms with E-state index < -0.39 is 14.2 Å². The molecule has 0 spiro atoms. The Kier molecular flexibility index (Phi) is 2.83. The fourth-order valence-electron chi connectivity index (χ4n) is 0.759. The third-order valence-electron chi connectivity index (χ3n) is 1.38. The van der Waals surface area contributed by atoms with Crippen molar-refractivity contribution in [2.75, 3.05) is 0 Å². The first-order valence-corrected chi connectivity index (χ1v) is 3.28. The molecule has 0 aliphatic heterocycles. The molecule has 12 heavy (non-hydrogen) atoms. The van der Waals surface area contributed by atoms with Crippen LogP contribution in [-0.4, -0.2) is 39.3 Å². The average molecular weight is 167 g/mol. The summed E-state index contributed by atoms with van der Waals surface area (Å²) in [6.07, 6.45) is 2.47. The zero-order chi connectivity index (χ0) is 9.14. The van der Waals surface area contributed by atoms with Crippen molar-refractivity contribution in [1.82, 2.24) is 4.98 Å². The Bertz CT molecular complexity index is 244. The van der Waals surface area contributed by atoms with Crippen LogP contribution < -0.4 is 10.9 Å². The van der Waals surface area contributed by atoms with Crippen LogP contribution in [0.5, 0.6) is 0 Å². The summed E-state index contributed by atoms with van der Waals surface area (Å²) in [7, 11) is -3.28. The van der Waals surface area contributed by atoms with E-state index in [0.717, 1.165) is 0 Å². The topological polar surface area (TPSA) is 93.8 Å². The van der Waals surface area contributed by atoms with E-state index in [1.165, 1.54) is 18.5 Å². The van der Waals surface area contributed by atoms with Gasteiger partial charge >= 0.3 is 14.2 Å². The summed E-state index contributed by atoms with van der Waals surface area (Å²) < 4.78 is 0. The maximum Gasteiger partial charge on any atom is 0.489 e. The van der Waals surface area contributed by atoms with E-state index in [9.17, 15) is 0 Å². The highest BCUT2D eigenvalue weighted by atomic mass is 16.4. The molecule has 1 heterocycles. The Balaban J connectivity index is 2.96. The fraction of sp³-hybridized carbons (Fsp3) is 0. The highest BCUT2D eigenvalue weighted by molar-refractivity contribution is 6.62. The molecule has 4 N–H and O–H groups in total. The summed E-state index contributed by atoms with van der Waals surface area (Å²) in [5.74, 6) is 0. The van der Waals surface area contributed by atoms with Gasteiger partial charge < -0.3 is 20.1 Å². The summed E-state index contributed by atoms with van der Waals surface area (Å²) in [6.45, 7) is 0. The van der Waals surface area contributed by atoms with Crippen LogP contribution in [0.15, 0.2) is 18.5 Å². The van der Waals surface area contributed by atoms with Crippen molar-refractivity contribution < 1.29 is 20.1 Å². The lowest BCUT2D eigenvalue weighted by Crippen LogP contribution is -2.38. The molecule has 0 saturated carbocycles. The van der Waals surface area contributed by atoms with Crippen molar-refractivity contribution >= 4 is 25.2 Å². The molecule has 0 radical (unpaired) electrons. The van der Waals surface area contributed by atoms with Gasteiger partial charge in [-0.05, 0) is 0 Å². The van der Waals surface area contributed by atoms with Gasteiger partial charge in [0.2, 0.25) is 0 Å². The molecule has 7 heteroatoms. The minimum Gasteiger partial charge on any atom is -0.423 e. The van der Waals surface area contributed by atoms with Gasteiger partial charge in [0.15, 0.2) is 0 Å². The second-order valence-electron chi connectivity index (χ2n) is 2.30. The van der Waals surface area contributed by atoms with Crippen LogP contribution in [0.25, 0.3) is 0 Å². The third-order valence-corrected chi connectivity index (χ3v) is 1.38. The van der Waals surface area contributed by atoms with E-state index in [0.29, 0.717) is 0 Å². The molecule has 0 amide bonds. The largest absolute Gasteiger partial charge is 0.489 e. The second-order valence-corrected chi connectivity index (χ2v) is 2.30. The van der Waals surface area contributed by atoms with Gasteiger partial charge in [0.05, 0.1) is 0 Å². The highest BCUT2D eigenvalue weighted by Gasteiger charge is 2.16. The van der Waals surface area contributed by atoms with Crippen LogP contribution >= 0.6 is 0 Å². The first kappa shape index (κ1) is 9.21. The molecule has 0 unspecified atom stereocenters. The van der Waals surface area contributed by atoms with Gasteiger partial charge in [-0.3, -0.25) is 4.98 Å². The maximum absolute atomic E-state index is 8.68. The molecule has 0 atom stereocenters. The van der Waals surface area contributed by atoms with Crippen molar-refractivity contribution in [3.8, 4) is 0 Å². The zero-order valence-electron chi connectivity index (χ0n) is 6.12. The monoisotopic (exact) mass is 167 g/mol. The minimum atomic E-state index is -1.64. The van der Waals surface area contributed by atoms with Crippen LogP contribution in [0.2, 0.25) is 0 Å². The van der Waals surface area contributed by atoms with Crippen LogP contribution in [-0.2, 0) is 0 Å². The highest BCUT2D eigenvalue weighted by Crippen LogP contribution is 1.79. The van der Waals surface area contributed by atoms with Gasteiger partial charge in [-0.25, -0.2) is 0 Å². The Hall–Kier alpha value is -0.880. The number of nitrogens with zero attached hydrogens (tertiary/aromatic N) is 1. The molecular formula is C5H7B2NO4. The number of hydrogen-bond acceptors (Lipinski definition) is 5. The normalized spacial score (nSPS) is 9.67. The summed E-state index contributed by atoms with van der Waals surface area (Å²) in [5.41, 5.74) is 0.251. The quantitative estimate of drug-likeness (QED) is 0.342. The molecule has 1 aromatic rings. The van der Waals surface area contributed by atoms with Gasteiger partial charge in [0.1, 0.15) is 0 Å². The van der Waals surface area contributed by atoms with Gasteiger partial charge in [0, 0.05) is 23.3 Å². The van der Waals surface area contributed by atoms with Crippen molar-refractivity contribution in [1.29, 1.82) is 0 Å². The summed E-state index contributed by atoms with van der Waals surface area (Å²) >= 11 is 0. The molecule has 0 aliphatic rings. The first-order valence-electron chi connectivity index (χ1n) is 3.28. The summed E-state index contributed by atoms with van der Waals surface area (Å²) in [5, 5.41) is 34.7. The van der Waals surface area contributed by atoms with E-state index in [-0.39, 0.29) is 10.9 Å². The zero-order valence-corrected chi connectivity index (χ0v) is 6.12. The van der Waals surface area contributed by atoms with Gasteiger partial charge in [-0.15, -0.1) is 0 Å². The molecule has 1 rings (SSSR count). The molecule has 0 fully saturated rings. The molecule has 62 valence electrons. The lowest BCUT2D eigenvalue weighted by Gasteiger charge is -2.01. The van der Waals surface area contributed by atoms with Crippen molar-refractivity contribution in [2.45, 2.75) is 0 Å². The standard InChI is InChI=1S/C5H7B2NO4/c9-6(10)4-1-5(7(11)12)3-8-2-4/h1-3,9-12H. The van der Waals surface area contributed by atoms with Gasteiger partial charge in [-0.1, -0.05) is 6.07 Å². The Morgan fingerprint density at radius 2 is 1.33 bits per heavy atom. The van der Waals surface area contributed by atoms with E-state index in [1.54, 1.807) is 0 Å². The summed E-state index contributed by atoms with van der Waals surface area (Å²) in [4.78, 5) is 3.59. The average Bonchev–Trinajstić information content (AvgIpc) is 2.04. The fourth-order valence-corrected chi connectivity index (χ4v) is 0.759. The SMILES string of the molecule is OB(O)c1cncc(B(O)O)c1. The molecule has 0 aliphatic carbocycles. The predicted octanol–water partition coefficient (Wildman–Crippen LogP) is -3.56. The Labute approximate surface area is 69.6 Å². The van der Waals surface area contributed by atoms with E-state index >= 15 is 0 Å². The van der Waals surface area contributed by atoms with Crippen LogP contribution in [0.1, 0.15) is 0 Å². The van der Waals surface area contributed by atoms with Crippen LogP contribution in [0.3, 0.4) is 0 Å². The molecular weight excluding hydrogens is 160 g/mol. The smallest absolute Gasteiger partial charge is 0.423 e. The number of pyridine rings is 1. The molecule has 5 nitrogen and oxygen atoms in total. The molecule has 0 saturated heterocycles. The van der Waals surface area contributed by atoms with E-state index in [2.05, 4.69) is 4.98 Å². The number of rotatable bonds is 2. The second kappa shape index (κ2) is 3.68. The lowest BCUT2D eigenvalue weighted by molar-refractivity contribution is 0.425. The van der Waals surface area contributed by atoms with Gasteiger partial charge in [0.25, 0.3) is 0 Å². The van der Waals surface area contributed by atoms with Crippen molar-refractivity contribution in [3.05, 3.63) is 18.5 Å². The van der Waals surface area contributed by atoms with E-state index in [1.807, 2.05) is 0 Å².